The average Bonchev–Trinajstić information content (AvgIpc) is 3.37. The summed E-state index contributed by atoms with van der Waals surface area (Å²) in [6.07, 6.45) is 3.60. The maximum atomic E-state index is 13.2. The van der Waals surface area contributed by atoms with Crippen LogP contribution in [0.25, 0.3) is 0 Å². The van der Waals surface area contributed by atoms with E-state index in [1.807, 2.05) is 48.7 Å². The van der Waals surface area contributed by atoms with E-state index in [2.05, 4.69) is 58.5 Å². The van der Waals surface area contributed by atoms with Crippen molar-refractivity contribution in [2.24, 2.45) is 0 Å². The largest absolute Gasteiger partial charge is 0.491 e. The standard InChI is InChI=1S/C35H37N3O4/c1-25-17-30-20-27(8-10-34(30)42-25)22-37-35(39)29-9-11-33-31(21-29)19-26-5-4-6-28(18-26)23-38(13-14-40-15-16-41-33)24-32-7-2-3-12-36-32/h2-12,18,20-21,25H,13-17,19,22-24H2,1H3,(H,37,39). The van der Waals surface area contributed by atoms with Gasteiger partial charge < -0.3 is 19.5 Å². The molecule has 1 amide bonds. The zero-order valence-electron chi connectivity index (χ0n) is 24.1. The van der Waals surface area contributed by atoms with Gasteiger partial charge in [-0.3, -0.25) is 14.7 Å². The molecule has 2 aliphatic rings. The van der Waals surface area contributed by atoms with Crippen LogP contribution in [-0.2, 0) is 37.2 Å². The number of rotatable bonds is 5. The lowest BCUT2D eigenvalue weighted by Crippen LogP contribution is -2.28. The summed E-state index contributed by atoms with van der Waals surface area (Å²) in [6, 6.07) is 26.5. The van der Waals surface area contributed by atoms with Crippen LogP contribution in [0, 0.1) is 0 Å². The Labute approximate surface area is 247 Å². The number of hydrogen-bond donors (Lipinski definition) is 1. The first-order valence-corrected chi connectivity index (χ1v) is 14.7. The van der Waals surface area contributed by atoms with Crippen molar-refractivity contribution in [1.82, 2.24) is 15.2 Å². The summed E-state index contributed by atoms with van der Waals surface area (Å²) in [4.78, 5) is 20.1. The number of hydrogen-bond acceptors (Lipinski definition) is 6. The molecule has 1 atom stereocenters. The van der Waals surface area contributed by atoms with Gasteiger partial charge in [0, 0.05) is 50.8 Å². The Morgan fingerprint density at radius 2 is 1.83 bits per heavy atom. The Morgan fingerprint density at radius 3 is 2.74 bits per heavy atom. The number of pyridine rings is 1. The number of amides is 1. The maximum absolute atomic E-state index is 13.2. The molecular weight excluding hydrogens is 526 g/mol. The highest BCUT2D eigenvalue weighted by atomic mass is 16.5. The maximum Gasteiger partial charge on any atom is 0.251 e. The number of carbonyl (C=O) groups excluding carboxylic acids is 1. The van der Waals surface area contributed by atoms with Gasteiger partial charge in [0.2, 0.25) is 0 Å². The van der Waals surface area contributed by atoms with E-state index in [9.17, 15) is 4.79 Å². The zero-order valence-corrected chi connectivity index (χ0v) is 24.1. The third-order valence-electron chi connectivity index (χ3n) is 7.68. The van der Waals surface area contributed by atoms with Gasteiger partial charge in [0.1, 0.15) is 24.2 Å². The lowest BCUT2D eigenvalue weighted by atomic mass is 9.99. The minimum absolute atomic E-state index is 0.107. The van der Waals surface area contributed by atoms with Crippen molar-refractivity contribution in [3.63, 3.8) is 0 Å². The Morgan fingerprint density at radius 1 is 0.929 bits per heavy atom. The van der Waals surface area contributed by atoms with Gasteiger partial charge in [-0.15, -0.1) is 0 Å². The second-order valence-electron chi connectivity index (χ2n) is 11.1. The first-order chi connectivity index (χ1) is 20.6. The molecule has 0 saturated heterocycles. The molecule has 3 heterocycles. The van der Waals surface area contributed by atoms with E-state index >= 15 is 0 Å². The summed E-state index contributed by atoms with van der Waals surface area (Å²) >= 11 is 0. The summed E-state index contributed by atoms with van der Waals surface area (Å²) in [5, 5.41) is 3.09. The number of ether oxygens (including phenoxy) is 3. The summed E-state index contributed by atoms with van der Waals surface area (Å²) in [6.45, 7) is 6.43. The van der Waals surface area contributed by atoms with E-state index in [1.165, 1.54) is 16.7 Å². The highest BCUT2D eigenvalue weighted by molar-refractivity contribution is 5.94. The van der Waals surface area contributed by atoms with Crippen LogP contribution in [0.2, 0.25) is 0 Å². The van der Waals surface area contributed by atoms with Gasteiger partial charge in [-0.05, 0) is 71.1 Å². The minimum atomic E-state index is -0.107. The molecule has 7 heteroatoms. The van der Waals surface area contributed by atoms with Crippen molar-refractivity contribution < 1.29 is 19.0 Å². The van der Waals surface area contributed by atoms with Crippen LogP contribution in [0.3, 0.4) is 0 Å². The van der Waals surface area contributed by atoms with E-state index in [1.54, 1.807) is 0 Å². The number of carbonyl (C=O) groups is 1. The lowest BCUT2D eigenvalue weighted by Gasteiger charge is -2.23. The van der Waals surface area contributed by atoms with Crippen LogP contribution in [0.4, 0.5) is 0 Å². The first kappa shape index (κ1) is 27.9. The first-order valence-electron chi connectivity index (χ1n) is 14.7. The number of fused-ring (bicyclic) bond motifs is 4. The van der Waals surface area contributed by atoms with Crippen LogP contribution in [0.5, 0.6) is 11.5 Å². The summed E-state index contributed by atoms with van der Waals surface area (Å²) in [5.41, 5.74) is 7.30. The van der Waals surface area contributed by atoms with Crippen LogP contribution in [-0.4, -0.2) is 48.3 Å². The Balaban J connectivity index is 1.17. The van der Waals surface area contributed by atoms with Gasteiger partial charge in [-0.1, -0.05) is 42.5 Å². The third kappa shape index (κ3) is 7.16. The second-order valence-corrected chi connectivity index (χ2v) is 11.1. The molecule has 0 saturated carbocycles. The normalized spacial score (nSPS) is 17.2. The highest BCUT2D eigenvalue weighted by Crippen LogP contribution is 2.29. The molecule has 0 radical (unpaired) electrons. The summed E-state index contributed by atoms with van der Waals surface area (Å²) in [7, 11) is 0. The van der Waals surface area contributed by atoms with Gasteiger partial charge in [0.05, 0.1) is 18.9 Å². The molecule has 3 aromatic carbocycles. The molecule has 1 unspecified atom stereocenters. The molecule has 0 aliphatic carbocycles. The fourth-order valence-electron chi connectivity index (χ4n) is 5.63. The molecule has 2 aliphatic heterocycles. The number of benzene rings is 3. The average molecular weight is 564 g/mol. The topological polar surface area (TPSA) is 72.9 Å². The molecule has 7 nitrogen and oxygen atoms in total. The molecular formula is C35H37N3O4. The molecule has 42 heavy (non-hydrogen) atoms. The van der Waals surface area contributed by atoms with Crippen LogP contribution >= 0.6 is 0 Å². The van der Waals surface area contributed by atoms with Crippen molar-refractivity contribution in [3.05, 3.63) is 124 Å². The van der Waals surface area contributed by atoms with E-state index < -0.39 is 0 Å². The van der Waals surface area contributed by atoms with Crippen molar-refractivity contribution in [2.45, 2.75) is 45.5 Å². The zero-order chi connectivity index (χ0) is 28.7. The number of aromatic nitrogens is 1. The second kappa shape index (κ2) is 13.2. The SMILES string of the molecule is CC1Cc2cc(CNC(=O)c3ccc4c(c3)Cc3cccc(c3)CN(Cc3ccccn3)CCOCCO4)ccc2O1. The quantitative estimate of drug-likeness (QED) is 0.354. The Kier molecular flexibility index (Phi) is 8.78. The summed E-state index contributed by atoms with van der Waals surface area (Å²) in [5.74, 6) is 1.62. The number of nitrogens with zero attached hydrogens (tertiary/aromatic N) is 2. The molecule has 4 aromatic rings. The van der Waals surface area contributed by atoms with Gasteiger partial charge >= 0.3 is 0 Å². The molecule has 0 spiro atoms. The van der Waals surface area contributed by atoms with Crippen molar-refractivity contribution in [2.75, 3.05) is 26.4 Å². The van der Waals surface area contributed by atoms with Crippen LogP contribution < -0.4 is 14.8 Å². The van der Waals surface area contributed by atoms with Crippen molar-refractivity contribution in [3.8, 4) is 11.5 Å². The van der Waals surface area contributed by atoms with Crippen molar-refractivity contribution >= 4 is 5.91 Å². The predicted molar refractivity (Wildman–Crippen MR) is 162 cm³/mol. The fourth-order valence-corrected chi connectivity index (χ4v) is 5.63. The minimum Gasteiger partial charge on any atom is -0.491 e. The predicted octanol–water partition coefficient (Wildman–Crippen LogP) is 5.34. The van der Waals surface area contributed by atoms with E-state index in [0.29, 0.717) is 38.3 Å². The highest BCUT2D eigenvalue weighted by Gasteiger charge is 2.19. The number of nitrogens with one attached hydrogen (secondary N) is 1. The monoisotopic (exact) mass is 563 g/mol. The Bertz CT molecular complexity index is 1520. The van der Waals surface area contributed by atoms with Gasteiger partial charge in [-0.2, -0.15) is 0 Å². The smallest absolute Gasteiger partial charge is 0.251 e. The molecule has 6 rings (SSSR count). The van der Waals surface area contributed by atoms with Crippen molar-refractivity contribution in [1.29, 1.82) is 0 Å². The van der Waals surface area contributed by atoms with Crippen LogP contribution in [0.15, 0.2) is 85.1 Å². The molecule has 1 N–H and O–H groups in total. The molecule has 2 bridgehead atoms. The van der Waals surface area contributed by atoms with E-state index in [0.717, 1.165) is 54.4 Å². The van der Waals surface area contributed by atoms with E-state index in [-0.39, 0.29) is 12.0 Å². The molecule has 1 aromatic heterocycles. The molecule has 0 fully saturated rings. The van der Waals surface area contributed by atoms with Gasteiger partial charge in [0.15, 0.2) is 0 Å². The fraction of sp³-hybridized carbons (Fsp3) is 0.314. The van der Waals surface area contributed by atoms with Crippen LogP contribution in [0.1, 0.15) is 50.8 Å². The molecule has 216 valence electrons. The van der Waals surface area contributed by atoms with Gasteiger partial charge in [-0.25, -0.2) is 0 Å². The third-order valence-corrected chi connectivity index (χ3v) is 7.68. The van der Waals surface area contributed by atoms with E-state index in [4.69, 9.17) is 14.2 Å². The Hall–Kier alpha value is -4.20. The lowest BCUT2D eigenvalue weighted by molar-refractivity contribution is 0.0754. The summed E-state index contributed by atoms with van der Waals surface area (Å²) < 4.78 is 17.9. The van der Waals surface area contributed by atoms with Gasteiger partial charge in [0.25, 0.3) is 5.91 Å².